The van der Waals surface area contributed by atoms with Gasteiger partial charge in [-0.05, 0) is 134 Å². The number of rotatable bonds is 4. The highest BCUT2D eigenvalue weighted by Gasteiger charge is 2.33. The Morgan fingerprint density at radius 3 is 1.35 bits per heavy atom. The quantitative estimate of drug-likeness (QED) is 0.164. The van der Waals surface area contributed by atoms with Crippen molar-refractivity contribution in [1.29, 1.82) is 0 Å². The van der Waals surface area contributed by atoms with Crippen LogP contribution >= 0.6 is 0 Å². The van der Waals surface area contributed by atoms with E-state index in [-0.39, 0.29) is 12.0 Å². The highest BCUT2D eigenvalue weighted by atomic mass is 16.5. The van der Waals surface area contributed by atoms with Crippen LogP contribution in [-0.4, -0.2) is 6.10 Å². The van der Waals surface area contributed by atoms with Crippen molar-refractivity contribution in [3.05, 3.63) is 210 Å². The second-order valence-electron chi connectivity index (χ2n) is 15.6. The molecule has 1 nitrogen and oxygen atoms in total. The van der Waals surface area contributed by atoms with Crippen LogP contribution in [0.2, 0.25) is 0 Å². The van der Waals surface area contributed by atoms with Gasteiger partial charge in [0, 0.05) is 11.5 Å². The summed E-state index contributed by atoms with van der Waals surface area (Å²) in [5.41, 5.74) is 11.2. The average Bonchev–Trinajstić information content (AvgIpc) is 3.63. The van der Waals surface area contributed by atoms with E-state index < -0.39 is 0 Å². The molecule has 2 unspecified atom stereocenters. The molecule has 0 amide bonds. The molecule has 10 aromatic rings. The van der Waals surface area contributed by atoms with Crippen molar-refractivity contribution < 1.29 is 4.74 Å². The van der Waals surface area contributed by atoms with Crippen molar-refractivity contribution in [2.24, 2.45) is 0 Å². The van der Waals surface area contributed by atoms with Gasteiger partial charge in [0.05, 0.1) is 0 Å². The molecule has 0 saturated carbocycles. The minimum Gasteiger partial charge on any atom is -0.485 e. The van der Waals surface area contributed by atoms with Crippen molar-refractivity contribution >= 4 is 55.2 Å². The molecule has 0 fully saturated rings. The van der Waals surface area contributed by atoms with E-state index in [4.69, 9.17) is 4.74 Å². The van der Waals surface area contributed by atoms with Crippen molar-refractivity contribution in [3.8, 4) is 50.3 Å². The monoisotopic (exact) mass is 724 g/mol. The van der Waals surface area contributed by atoms with Gasteiger partial charge in [0.15, 0.2) is 0 Å². The molecule has 2 aliphatic rings. The molecule has 0 saturated heterocycles. The molecule has 0 radical (unpaired) electrons. The summed E-state index contributed by atoms with van der Waals surface area (Å²) in [4.78, 5) is 0. The molecule has 2 atom stereocenters. The first-order valence-corrected chi connectivity index (χ1v) is 19.9. The van der Waals surface area contributed by atoms with E-state index in [2.05, 4.69) is 206 Å². The van der Waals surface area contributed by atoms with Gasteiger partial charge in [-0.3, -0.25) is 0 Å². The first-order valence-electron chi connectivity index (χ1n) is 19.9. The third kappa shape index (κ3) is 5.24. The van der Waals surface area contributed by atoms with Crippen molar-refractivity contribution in [1.82, 2.24) is 0 Å². The van der Waals surface area contributed by atoms with Crippen molar-refractivity contribution in [2.45, 2.75) is 12.0 Å². The minimum absolute atomic E-state index is 0.0526. The van der Waals surface area contributed by atoms with Crippen LogP contribution < -0.4 is 15.2 Å². The van der Waals surface area contributed by atoms with Gasteiger partial charge >= 0.3 is 0 Å². The van der Waals surface area contributed by atoms with Crippen LogP contribution in [0.15, 0.2) is 194 Å². The summed E-state index contributed by atoms with van der Waals surface area (Å²) in [6.07, 6.45) is 4.69. The molecule has 12 rings (SSSR count). The minimum atomic E-state index is 0.0526. The van der Waals surface area contributed by atoms with E-state index in [0.717, 1.165) is 5.75 Å². The van der Waals surface area contributed by atoms with Crippen molar-refractivity contribution in [2.75, 3.05) is 0 Å². The van der Waals surface area contributed by atoms with Gasteiger partial charge in [0.1, 0.15) is 11.9 Å². The maximum Gasteiger partial charge on any atom is 0.128 e. The van der Waals surface area contributed by atoms with E-state index in [1.165, 1.54) is 104 Å². The Bertz CT molecular complexity index is 3330. The van der Waals surface area contributed by atoms with Crippen LogP contribution in [0.4, 0.5) is 0 Å². The summed E-state index contributed by atoms with van der Waals surface area (Å²) >= 11 is 0. The molecule has 10 aromatic carbocycles. The lowest BCUT2D eigenvalue weighted by Crippen LogP contribution is -2.34. The molecule has 0 spiro atoms. The van der Waals surface area contributed by atoms with Crippen LogP contribution in [0, 0.1) is 0 Å². The highest BCUT2D eigenvalue weighted by Crippen LogP contribution is 2.45. The van der Waals surface area contributed by atoms with Gasteiger partial charge in [-0.2, -0.15) is 0 Å². The summed E-state index contributed by atoms with van der Waals surface area (Å²) in [6.45, 7) is 0. The predicted molar refractivity (Wildman–Crippen MR) is 240 cm³/mol. The lowest BCUT2D eigenvalue weighted by atomic mass is 9.85. The largest absolute Gasteiger partial charge is 0.485 e. The second kappa shape index (κ2) is 12.7. The Morgan fingerprint density at radius 1 is 0.316 bits per heavy atom. The Hall–Kier alpha value is -7.22. The molecular formula is C56H36O. The molecule has 266 valence electrons. The number of benzene rings is 10. The first-order chi connectivity index (χ1) is 28.2. The smallest absolute Gasteiger partial charge is 0.128 e. The Kier molecular flexibility index (Phi) is 7.12. The molecule has 57 heavy (non-hydrogen) atoms. The van der Waals surface area contributed by atoms with E-state index >= 15 is 0 Å². The molecule has 1 aliphatic carbocycles. The SMILES string of the molecule is C1=c2ccccc2=CC2c3cc(-c4ccc(-c5ccc6cc(-c7c8ccccc8c(-c8ccc9ccccc9c8)c8ccccc78)ccc6c5)cc4)ccc3OC12. The summed E-state index contributed by atoms with van der Waals surface area (Å²) < 4.78 is 6.39. The number of hydrogen-bond donors (Lipinski definition) is 0. The van der Waals surface area contributed by atoms with Gasteiger partial charge < -0.3 is 4.74 Å². The van der Waals surface area contributed by atoms with E-state index in [1.54, 1.807) is 0 Å². The fraction of sp³-hybridized carbons (Fsp3) is 0.0357. The Labute approximate surface area is 331 Å². The lowest BCUT2D eigenvalue weighted by molar-refractivity contribution is 0.288. The van der Waals surface area contributed by atoms with E-state index in [0.29, 0.717) is 0 Å². The standard InChI is InChI=1S/C56H36O/c1-2-10-38-30-45(25-21-35(38)9-1)55-47-13-5-7-15-49(47)56(50-16-8-6-14-48(50)55)46-26-24-42-29-41(22-23-43(42)31-46)36-17-19-37(20-18-36)44-27-28-53-51(33-44)52-32-39-11-3-4-12-40(39)34-54(52)57-53/h1-34,52,54H. The molecule has 1 heteroatoms. The zero-order chi connectivity index (χ0) is 37.5. The predicted octanol–water partition coefficient (Wildman–Crippen LogP) is 13.1. The van der Waals surface area contributed by atoms with Crippen LogP contribution in [0.3, 0.4) is 0 Å². The molecule has 1 aliphatic heterocycles. The van der Waals surface area contributed by atoms with Gasteiger partial charge in [-0.1, -0.05) is 170 Å². The molecule has 1 heterocycles. The Morgan fingerprint density at radius 2 is 0.737 bits per heavy atom. The molecular weight excluding hydrogens is 689 g/mol. The number of hydrogen-bond acceptors (Lipinski definition) is 1. The Balaban J connectivity index is 0.889. The fourth-order valence-corrected chi connectivity index (χ4v) is 9.53. The van der Waals surface area contributed by atoms with Crippen LogP contribution in [0.1, 0.15) is 11.5 Å². The highest BCUT2D eigenvalue weighted by molar-refractivity contribution is 6.22. The van der Waals surface area contributed by atoms with Crippen LogP contribution in [0.5, 0.6) is 5.75 Å². The fourth-order valence-electron chi connectivity index (χ4n) is 9.53. The average molecular weight is 725 g/mol. The molecule has 0 aromatic heterocycles. The van der Waals surface area contributed by atoms with Gasteiger partial charge in [-0.25, -0.2) is 0 Å². The zero-order valence-corrected chi connectivity index (χ0v) is 31.2. The third-order valence-corrected chi connectivity index (χ3v) is 12.3. The van der Waals surface area contributed by atoms with Gasteiger partial charge in [-0.15, -0.1) is 0 Å². The second-order valence-corrected chi connectivity index (χ2v) is 15.6. The normalized spacial score (nSPS) is 15.4. The van der Waals surface area contributed by atoms with E-state index in [1.807, 2.05) is 0 Å². The summed E-state index contributed by atoms with van der Waals surface area (Å²) in [6, 6.07) is 71.4. The summed E-state index contributed by atoms with van der Waals surface area (Å²) in [7, 11) is 0. The van der Waals surface area contributed by atoms with Crippen molar-refractivity contribution in [3.63, 3.8) is 0 Å². The first kappa shape index (κ1) is 32.1. The van der Waals surface area contributed by atoms with E-state index in [9.17, 15) is 0 Å². The van der Waals surface area contributed by atoms with Gasteiger partial charge in [0.2, 0.25) is 0 Å². The number of fused-ring (bicyclic) bond motifs is 8. The maximum absolute atomic E-state index is 6.39. The number of ether oxygens (including phenoxy) is 1. The lowest BCUT2D eigenvalue weighted by Gasteiger charge is -2.18. The van der Waals surface area contributed by atoms with Gasteiger partial charge in [0.25, 0.3) is 0 Å². The maximum atomic E-state index is 6.39. The van der Waals surface area contributed by atoms with Crippen LogP contribution in [-0.2, 0) is 0 Å². The third-order valence-electron chi connectivity index (χ3n) is 12.3. The summed E-state index contributed by atoms with van der Waals surface area (Å²) in [5, 5.41) is 12.6. The summed E-state index contributed by atoms with van der Waals surface area (Å²) in [5.74, 6) is 1.23. The topological polar surface area (TPSA) is 9.23 Å². The zero-order valence-electron chi connectivity index (χ0n) is 31.2. The molecule has 0 bridgehead atoms. The molecule has 0 N–H and O–H groups in total. The van der Waals surface area contributed by atoms with Crippen LogP contribution in [0.25, 0.3) is 99.7 Å².